The molecule has 1 aromatic heterocycles. The van der Waals surface area contributed by atoms with Crippen LogP contribution >= 0.6 is 0 Å². The minimum absolute atomic E-state index is 0.113. The summed E-state index contributed by atoms with van der Waals surface area (Å²) in [5.74, 6) is 1.18. The molecule has 1 fully saturated rings. The van der Waals surface area contributed by atoms with Gasteiger partial charge < -0.3 is 14.4 Å². The van der Waals surface area contributed by atoms with Crippen LogP contribution in [0.3, 0.4) is 0 Å². The van der Waals surface area contributed by atoms with E-state index in [4.69, 9.17) is 9.26 Å². The zero-order chi connectivity index (χ0) is 17.5. The topological polar surface area (TPSA) is 74.9 Å². The standard InChI is InChI=1S/C18H26N4O3/c1-15-2-4-16(5-3-15)18-19-17(25-20-18)14-22(8-11-23)7-6-21-9-12-24-13-10-21/h2-5,23H,6-14H2,1H3. The maximum atomic E-state index is 9.32. The molecule has 0 unspecified atom stereocenters. The zero-order valence-corrected chi connectivity index (χ0v) is 14.7. The molecule has 0 bridgehead atoms. The highest BCUT2D eigenvalue weighted by molar-refractivity contribution is 5.54. The summed E-state index contributed by atoms with van der Waals surface area (Å²) in [5, 5.41) is 13.4. The molecule has 25 heavy (non-hydrogen) atoms. The predicted octanol–water partition coefficient (Wildman–Crippen LogP) is 1.17. The van der Waals surface area contributed by atoms with E-state index in [1.807, 2.05) is 31.2 Å². The van der Waals surface area contributed by atoms with Crippen molar-refractivity contribution in [1.82, 2.24) is 19.9 Å². The number of ether oxygens (including phenoxy) is 1. The van der Waals surface area contributed by atoms with Crippen molar-refractivity contribution in [3.05, 3.63) is 35.7 Å². The number of aryl methyl sites for hydroxylation is 1. The molecule has 3 rings (SSSR count). The summed E-state index contributed by atoms with van der Waals surface area (Å²) >= 11 is 0. The lowest BCUT2D eigenvalue weighted by Crippen LogP contribution is -2.41. The maximum absolute atomic E-state index is 9.32. The zero-order valence-electron chi connectivity index (χ0n) is 14.7. The van der Waals surface area contributed by atoms with Gasteiger partial charge in [0, 0.05) is 38.3 Å². The molecule has 0 radical (unpaired) electrons. The van der Waals surface area contributed by atoms with E-state index in [1.165, 1.54) is 5.56 Å². The fourth-order valence-corrected chi connectivity index (χ4v) is 2.85. The number of hydrogen-bond donors (Lipinski definition) is 1. The van der Waals surface area contributed by atoms with E-state index in [1.54, 1.807) is 0 Å². The number of aliphatic hydroxyl groups is 1. The normalized spacial score (nSPS) is 15.8. The quantitative estimate of drug-likeness (QED) is 0.769. The number of hydrogen-bond acceptors (Lipinski definition) is 7. The second-order valence-corrected chi connectivity index (χ2v) is 6.33. The molecule has 7 heteroatoms. The van der Waals surface area contributed by atoms with Crippen LogP contribution in [0.15, 0.2) is 28.8 Å². The van der Waals surface area contributed by atoms with Crippen LogP contribution in [0.4, 0.5) is 0 Å². The predicted molar refractivity (Wildman–Crippen MR) is 94.1 cm³/mol. The lowest BCUT2D eigenvalue weighted by Gasteiger charge is -2.29. The molecule has 7 nitrogen and oxygen atoms in total. The maximum Gasteiger partial charge on any atom is 0.241 e. The van der Waals surface area contributed by atoms with E-state index in [0.29, 0.717) is 24.8 Å². The third kappa shape index (κ3) is 5.34. The van der Waals surface area contributed by atoms with Crippen molar-refractivity contribution >= 4 is 0 Å². The fraction of sp³-hybridized carbons (Fsp3) is 0.556. The van der Waals surface area contributed by atoms with Crippen LogP contribution in [0.2, 0.25) is 0 Å². The van der Waals surface area contributed by atoms with Gasteiger partial charge in [0.1, 0.15) is 0 Å². The molecule has 2 aromatic rings. The Labute approximate surface area is 148 Å². The van der Waals surface area contributed by atoms with Crippen molar-refractivity contribution in [1.29, 1.82) is 0 Å². The lowest BCUT2D eigenvalue weighted by atomic mass is 10.1. The molecule has 0 atom stereocenters. The SMILES string of the molecule is Cc1ccc(-c2noc(CN(CCO)CCN3CCOCC3)n2)cc1. The van der Waals surface area contributed by atoms with Gasteiger partial charge in [-0.3, -0.25) is 9.80 Å². The van der Waals surface area contributed by atoms with Crippen LogP contribution in [0.1, 0.15) is 11.5 Å². The minimum atomic E-state index is 0.113. The second kappa shape index (κ2) is 9.05. The van der Waals surface area contributed by atoms with Crippen molar-refractivity contribution in [2.75, 3.05) is 52.5 Å². The van der Waals surface area contributed by atoms with E-state index < -0.39 is 0 Å². The molecule has 1 aromatic carbocycles. The van der Waals surface area contributed by atoms with Gasteiger partial charge in [-0.15, -0.1) is 0 Å². The Balaban J connectivity index is 1.57. The average Bonchev–Trinajstić information content (AvgIpc) is 3.10. The van der Waals surface area contributed by atoms with Gasteiger partial charge in [0.25, 0.3) is 0 Å². The van der Waals surface area contributed by atoms with Crippen molar-refractivity contribution in [3.8, 4) is 11.4 Å². The molecule has 1 aliphatic rings. The van der Waals surface area contributed by atoms with Crippen LogP contribution in [0.5, 0.6) is 0 Å². The van der Waals surface area contributed by atoms with E-state index in [2.05, 4.69) is 19.9 Å². The van der Waals surface area contributed by atoms with Gasteiger partial charge >= 0.3 is 0 Å². The Bertz CT molecular complexity index is 638. The number of benzene rings is 1. The van der Waals surface area contributed by atoms with Gasteiger partial charge in [-0.05, 0) is 6.92 Å². The molecule has 136 valence electrons. The summed E-state index contributed by atoms with van der Waals surface area (Å²) in [4.78, 5) is 9.01. The third-order valence-electron chi connectivity index (χ3n) is 4.39. The lowest BCUT2D eigenvalue weighted by molar-refractivity contribution is 0.0314. The third-order valence-corrected chi connectivity index (χ3v) is 4.39. The van der Waals surface area contributed by atoms with Crippen molar-refractivity contribution in [2.45, 2.75) is 13.5 Å². The Hall–Kier alpha value is -1.80. The number of rotatable bonds is 8. The average molecular weight is 346 g/mol. The van der Waals surface area contributed by atoms with Crippen LogP contribution < -0.4 is 0 Å². The number of aliphatic hydroxyl groups excluding tert-OH is 1. The summed E-state index contributed by atoms with van der Waals surface area (Å²) in [6, 6.07) is 8.05. The largest absolute Gasteiger partial charge is 0.395 e. The first-order valence-corrected chi connectivity index (χ1v) is 8.77. The Morgan fingerprint density at radius 3 is 2.64 bits per heavy atom. The molecule has 1 N–H and O–H groups in total. The van der Waals surface area contributed by atoms with E-state index in [0.717, 1.165) is 45.0 Å². The highest BCUT2D eigenvalue weighted by Gasteiger charge is 2.15. The van der Waals surface area contributed by atoms with Crippen LogP contribution in [-0.2, 0) is 11.3 Å². The van der Waals surface area contributed by atoms with E-state index >= 15 is 0 Å². The second-order valence-electron chi connectivity index (χ2n) is 6.33. The molecule has 1 aliphatic heterocycles. The Morgan fingerprint density at radius 2 is 1.92 bits per heavy atom. The van der Waals surface area contributed by atoms with Crippen LogP contribution in [0, 0.1) is 6.92 Å². The number of nitrogens with zero attached hydrogens (tertiary/aromatic N) is 4. The highest BCUT2D eigenvalue weighted by Crippen LogP contribution is 2.17. The summed E-state index contributed by atoms with van der Waals surface area (Å²) in [6.07, 6.45) is 0. The van der Waals surface area contributed by atoms with Crippen LogP contribution in [0.25, 0.3) is 11.4 Å². The van der Waals surface area contributed by atoms with Crippen LogP contribution in [-0.4, -0.2) is 77.6 Å². The van der Waals surface area contributed by atoms with Gasteiger partial charge in [0.05, 0.1) is 26.4 Å². The van der Waals surface area contributed by atoms with Gasteiger partial charge in [0.2, 0.25) is 11.7 Å². The molecular formula is C18H26N4O3. The van der Waals surface area contributed by atoms with Gasteiger partial charge in [-0.2, -0.15) is 4.98 Å². The summed E-state index contributed by atoms with van der Waals surface area (Å²) < 4.78 is 10.8. The van der Waals surface area contributed by atoms with Gasteiger partial charge in [-0.25, -0.2) is 0 Å². The fourth-order valence-electron chi connectivity index (χ4n) is 2.85. The first kappa shape index (κ1) is 18.0. The number of morpholine rings is 1. The molecule has 2 heterocycles. The smallest absolute Gasteiger partial charge is 0.241 e. The molecule has 0 aliphatic carbocycles. The molecule has 1 saturated heterocycles. The minimum Gasteiger partial charge on any atom is -0.395 e. The van der Waals surface area contributed by atoms with Crippen molar-refractivity contribution in [2.24, 2.45) is 0 Å². The summed E-state index contributed by atoms with van der Waals surface area (Å²) in [6.45, 7) is 8.61. The highest BCUT2D eigenvalue weighted by atomic mass is 16.5. The first-order chi connectivity index (χ1) is 12.2. The monoisotopic (exact) mass is 346 g/mol. The van der Waals surface area contributed by atoms with Gasteiger partial charge in [0.15, 0.2) is 0 Å². The Kier molecular flexibility index (Phi) is 6.52. The van der Waals surface area contributed by atoms with E-state index in [9.17, 15) is 5.11 Å². The first-order valence-electron chi connectivity index (χ1n) is 8.77. The molecule has 0 amide bonds. The summed E-state index contributed by atoms with van der Waals surface area (Å²) in [5.41, 5.74) is 2.15. The summed E-state index contributed by atoms with van der Waals surface area (Å²) in [7, 11) is 0. The molecule has 0 spiro atoms. The van der Waals surface area contributed by atoms with Crippen molar-refractivity contribution in [3.63, 3.8) is 0 Å². The molecule has 0 saturated carbocycles. The van der Waals surface area contributed by atoms with Gasteiger partial charge in [-0.1, -0.05) is 35.0 Å². The Morgan fingerprint density at radius 1 is 1.16 bits per heavy atom. The number of aromatic nitrogens is 2. The van der Waals surface area contributed by atoms with E-state index in [-0.39, 0.29) is 6.61 Å². The molecular weight excluding hydrogens is 320 g/mol. The van der Waals surface area contributed by atoms with Crippen molar-refractivity contribution < 1.29 is 14.4 Å².